The van der Waals surface area contributed by atoms with E-state index in [2.05, 4.69) is 47.9 Å². The van der Waals surface area contributed by atoms with Crippen molar-refractivity contribution in [3.05, 3.63) is 35.9 Å². The van der Waals surface area contributed by atoms with Crippen LogP contribution in [-0.2, 0) is 4.79 Å². The molecule has 0 radical (unpaired) electrons. The van der Waals surface area contributed by atoms with Gasteiger partial charge in [-0.3, -0.25) is 9.79 Å². The van der Waals surface area contributed by atoms with E-state index < -0.39 is 0 Å². The molecule has 2 N–H and O–H groups in total. The number of hydrogen-bond acceptors (Lipinski definition) is 2. The fraction of sp³-hybridized carbons (Fsp3) is 0.636. The van der Waals surface area contributed by atoms with Crippen molar-refractivity contribution in [1.82, 2.24) is 15.5 Å². The molecule has 2 aliphatic rings. The number of carbonyl (C=O) groups excluding carboxylic acids is 1. The van der Waals surface area contributed by atoms with Gasteiger partial charge in [-0.25, -0.2) is 0 Å². The molecule has 0 bridgehead atoms. The van der Waals surface area contributed by atoms with Gasteiger partial charge in [0.1, 0.15) is 0 Å². The minimum Gasteiger partial charge on any atom is -0.357 e. The fourth-order valence-corrected chi connectivity index (χ4v) is 4.35. The van der Waals surface area contributed by atoms with Crippen LogP contribution >= 0.6 is 24.0 Å². The van der Waals surface area contributed by atoms with Gasteiger partial charge in [-0.15, -0.1) is 24.0 Å². The van der Waals surface area contributed by atoms with Crippen molar-refractivity contribution in [2.75, 3.05) is 33.7 Å². The first-order valence-corrected chi connectivity index (χ1v) is 10.3. The zero-order valence-electron chi connectivity index (χ0n) is 17.4. The van der Waals surface area contributed by atoms with E-state index in [4.69, 9.17) is 4.99 Å². The van der Waals surface area contributed by atoms with Crippen molar-refractivity contribution in [3.63, 3.8) is 0 Å². The van der Waals surface area contributed by atoms with Gasteiger partial charge in [-0.1, -0.05) is 43.2 Å². The van der Waals surface area contributed by atoms with Crippen LogP contribution in [0, 0.1) is 11.3 Å². The highest BCUT2D eigenvalue weighted by Gasteiger charge is 2.42. The third kappa shape index (κ3) is 5.61. The summed E-state index contributed by atoms with van der Waals surface area (Å²) in [5, 5.41) is 6.85. The topological polar surface area (TPSA) is 56.7 Å². The Balaban J connectivity index is 0.00000280. The lowest BCUT2D eigenvalue weighted by Gasteiger charge is -2.29. The summed E-state index contributed by atoms with van der Waals surface area (Å²) in [4.78, 5) is 19.3. The van der Waals surface area contributed by atoms with Gasteiger partial charge in [0.25, 0.3) is 0 Å². The van der Waals surface area contributed by atoms with Crippen LogP contribution in [0.25, 0.3) is 0 Å². The van der Waals surface area contributed by atoms with Crippen LogP contribution < -0.4 is 10.6 Å². The molecule has 0 aromatic heterocycles. The van der Waals surface area contributed by atoms with Crippen molar-refractivity contribution in [3.8, 4) is 0 Å². The van der Waals surface area contributed by atoms with Crippen LogP contribution in [-0.4, -0.2) is 50.5 Å². The van der Waals surface area contributed by atoms with Crippen LogP contribution in [0.4, 0.5) is 0 Å². The van der Waals surface area contributed by atoms with Crippen LogP contribution in [0.3, 0.4) is 0 Å². The van der Waals surface area contributed by atoms with E-state index in [1.807, 2.05) is 14.1 Å². The van der Waals surface area contributed by atoms with Crippen LogP contribution in [0.15, 0.2) is 35.3 Å². The number of amides is 1. The number of guanidine groups is 1. The zero-order valence-corrected chi connectivity index (χ0v) is 19.7. The molecule has 2 unspecified atom stereocenters. The molecule has 0 spiro atoms. The maximum Gasteiger partial charge on any atom is 0.230 e. The Labute approximate surface area is 186 Å². The summed E-state index contributed by atoms with van der Waals surface area (Å²) in [6, 6.07) is 10.8. The van der Waals surface area contributed by atoms with Crippen molar-refractivity contribution >= 4 is 35.8 Å². The van der Waals surface area contributed by atoms with Crippen molar-refractivity contribution in [2.45, 2.75) is 44.9 Å². The highest BCUT2D eigenvalue weighted by molar-refractivity contribution is 14.0. The summed E-state index contributed by atoms with van der Waals surface area (Å²) in [6.07, 6.45) is 5.39. The predicted octanol–water partition coefficient (Wildman–Crippen LogP) is 3.61. The average molecular weight is 498 g/mol. The summed E-state index contributed by atoms with van der Waals surface area (Å²) in [5.41, 5.74) is 1.13. The molecule has 1 amide bonds. The van der Waals surface area contributed by atoms with Gasteiger partial charge in [0.15, 0.2) is 5.96 Å². The second-order valence-electron chi connectivity index (χ2n) is 8.28. The number of nitrogens with zero attached hydrogens (tertiary/aromatic N) is 2. The highest BCUT2D eigenvalue weighted by Crippen LogP contribution is 2.46. The zero-order chi connectivity index (χ0) is 19.3. The average Bonchev–Trinajstić information content (AvgIpc) is 3.30. The molecular weight excluding hydrogens is 463 g/mol. The first-order valence-electron chi connectivity index (χ1n) is 10.3. The first kappa shape index (κ1) is 23.0. The van der Waals surface area contributed by atoms with Gasteiger partial charge in [0, 0.05) is 27.2 Å². The Kier molecular flexibility index (Phi) is 8.58. The Bertz CT molecular complexity index is 656. The van der Waals surface area contributed by atoms with E-state index in [1.165, 1.54) is 12.0 Å². The van der Waals surface area contributed by atoms with E-state index in [0.29, 0.717) is 18.4 Å². The lowest BCUT2D eigenvalue weighted by atomic mass is 9.85. The molecule has 2 atom stereocenters. The fourth-order valence-electron chi connectivity index (χ4n) is 4.35. The van der Waals surface area contributed by atoms with E-state index >= 15 is 0 Å². The van der Waals surface area contributed by atoms with Crippen molar-refractivity contribution < 1.29 is 4.79 Å². The minimum absolute atomic E-state index is 0. The summed E-state index contributed by atoms with van der Waals surface area (Å²) in [5.74, 6) is 2.40. The molecule has 28 heavy (non-hydrogen) atoms. The number of hydrogen-bond donors (Lipinski definition) is 2. The summed E-state index contributed by atoms with van der Waals surface area (Å²) in [6.45, 7) is 4.41. The molecule has 1 aromatic rings. The van der Waals surface area contributed by atoms with E-state index in [9.17, 15) is 4.79 Å². The molecule has 0 saturated heterocycles. The van der Waals surface area contributed by atoms with Crippen LogP contribution in [0.1, 0.15) is 50.5 Å². The highest BCUT2D eigenvalue weighted by atomic mass is 127. The normalized spacial score (nSPS) is 22.9. The lowest BCUT2D eigenvalue weighted by Crippen LogP contribution is -2.43. The van der Waals surface area contributed by atoms with Gasteiger partial charge in [-0.2, -0.15) is 0 Å². The second kappa shape index (κ2) is 10.5. The molecule has 3 rings (SSSR count). The molecule has 156 valence electrons. The Morgan fingerprint density at radius 3 is 2.46 bits per heavy atom. The standard InChI is InChI=1S/C22H34N4O.HI/c1-4-23-21(24-15-18-14-19(18)17-10-6-5-7-11-17)25-16-22(12-8-9-13-22)20(27)26(2)3;/h5-7,10-11,18-19H,4,8-9,12-16H2,1-3H3,(H2,23,24,25);1H. The smallest absolute Gasteiger partial charge is 0.230 e. The van der Waals surface area contributed by atoms with Crippen LogP contribution in [0.2, 0.25) is 0 Å². The molecule has 1 aromatic carbocycles. The number of rotatable bonds is 7. The monoisotopic (exact) mass is 498 g/mol. The Morgan fingerprint density at radius 2 is 1.86 bits per heavy atom. The molecule has 5 nitrogen and oxygen atoms in total. The lowest BCUT2D eigenvalue weighted by molar-refractivity contribution is -0.138. The van der Waals surface area contributed by atoms with Crippen LogP contribution in [0.5, 0.6) is 0 Å². The maximum absolute atomic E-state index is 12.7. The molecule has 0 aliphatic heterocycles. The number of nitrogens with one attached hydrogen (secondary N) is 2. The first-order chi connectivity index (χ1) is 13.1. The molecule has 2 aliphatic carbocycles. The van der Waals surface area contributed by atoms with Gasteiger partial charge in [0.2, 0.25) is 5.91 Å². The third-order valence-corrected chi connectivity index (χ3v) is 5.99. The number of halogens is 1. The van der Waals surface area contributed by atoms with Gasteiger partial charge in [0.05, 0.1) is 12.0 Å². The predicted molar refractivity (Wildman–Crippen MR) is 126 cm³/mol. The minimum atomic E-state index is -0.308. The molecule has 2 saturated carbocycles. The summed E-state index contributed by atoms with van der Waals surface area (Å²) >= 11 is 0. The van der Waals surface area contributed by atoms with Gasteiger partial charge >= 0.3 is 0 Å². The summed E-state index contributed by atoms with van der Waals surface area (Å²) < 4.78 is 0. The molecule has 0 heterocycles. The van der Waals surface area contributed by atoms with E-state index in [0.717, 1.165) is 44.7 Å². The third-order valence-electron chi connectivity index (χ3n) is 5.99. The molecular formula is C22H35IN4O. The van der Waals surface area contributed by atoms with Crippen molar-refractivity contribution in [1.29, 1.82) is 0 Å². The number of carbonyl (C=O) groups is 1. The van der Waals surface area contributed by atoms with Gasteiger partial charge in [-0.05, 0) is 43.6 Å². The quantitative estimate of drug-likeness (QED) is 0.343. The van der Waals surface area contributed by atoms with Crippen molar-refractivity contribution in [2.24, 2.45) is 16.3 Å². The number of benzene rings is 1. The summed E-state index contributed by atoms with van der Waals surface area (Å²) in [7, 11) is 3.71. The maximum atomic E-state index is 12.7. The van der Waals surface area contributed by atoms with E-state index in [-0.39, 0.29) is 35.3 Å². The van der Waals surface area contributed by atoms with Gasteiger partial charge < -0.3 is 15.5 Å². The number of aliphatic imine (C=N–C) groups is 1. The molecule has 6 heteroatoms. The molecule has 2 fully saturated rings. The van der Waals surface area contributed by atoms with E-state index in [1.54, 1.807) is 4.90 Å². The SMILES string of the molecule is CCNC(=NCC1(C(=O)N(C)C)CCCC1)NCC1CC1c1ccccc1.I. The Hall–Kier alpha value is -1.31. The Morgan fingerprint density at radius 1 is 1.18 bits per heavy atom. The second-order valence-corrected chi connectivity index (χ2v) is 8.28. The largest absolute Gasteiger partial charge is 0.357 e.